The molecule has 0 aromatic heterocycles. The number of benzene rings is 2. The van der Waals surface area contributed by atoms with Crippen molar-refractivity contribution in [1.82, 2.24) is 0 Å². The summed E-state index contributed by atoms with van der Waals surface area (Å²) in [6.45, 7) is 0. The Labute approximate surface area is 132 Å². The highest BCUT2D eigenvalue weighted by Gasteiger charge is 2.06. The Bertz CT molecular complexity index is 621. The number of ether oxygens (including phenoxy) is 1. The Balaban J connectivity index is 2.14. The van der Waals surface area contributed by atoms with Gasteiger partial charge in [0.25, 0.3) is 0 Å². The van der Waals surface area contributed by atoms with E-state index in [2.05, 4.69) is 10.5 Å². The topological polar surface area (TPSA) is 33.6 Å². The van der Waals surface area contributed by atoms with Gasteiger partial charge in [0.15, 0.2) is 0 Å². The van der Waals surface area contributed by atoms with E-state index in [1.54, 1.807) is 25.5 Å². The summed E-state index contributed by atoms with van der Waals surface area (Å²) in [5.41, 5.74) is 4.20. The minimum absolute atomic E-state index is 0.408. The van der Waals surface area contributed by atoms with Gasteiger partial charge in [-0.2, -0.15) is 5.10 Å². The standard InChI is InChI=1S/C14H11Cl3N2O/c1-20-11-4-2-3-9(5-11)8-18-19-14-12(16)6-10(15)7-13(14)17/h2-8,19H,1H3. The van der Waals surface area contributed by atoms with E-state index in [0.717, 1.165) is 11.3 Å². The van der Waals surface area contributed by atoms with Gasteiger partial charge < -0.3 is 4.74 Å². The molecule has 0 atom stereocenters. The Morgan fingerprint density at radius 3 is 2.45 bits per heavy atom. The zero-order valence-corrected chi connectivity index (χ0v) is 12.8. The number of methoxy groups -OCH3 is 1. The zero-order chi connectivity index (χ0) is 14.5. The fourth-order valence-electron chi connectivity index (χ4n) is 1.54. The fourth-order valence-corrected chi connectivity index (χ4v) is 2.44. The van der Waals surface area contributed by atoms with Crippen LogP contribution >= 0.6 is 34.8 Å². The Morgan fingerprint density at radius 1 is 1.10 bits per heavy atom. The summed E-state index contributed by atoms with van der Waals surface area (Å²) in [4.78, 5) is 0. The first kappa shape index (κ1) is 15.0. The summed E-state index contributed by atoms with van der Waals surface area (Å²) < 4.78 is 5.13. The molecule has 1 N–H and O–H groups in total. The van der Waals surface area contributed by atoms with Crippen molar-refractivity contribution in [3.63, 3.8) is 0 Å². The lowest BCUT2D eigenvalue weighted by Crippen LogP contribution is -1.93. The molecule has 0 aliphatic heterocycles. The van der Waals surface area contributed by atoms with E-state index in [4.69, 9.17) is 39.5 Å². The van der Waals surface area contributed by atoms with Crippen molar-refractivity contribution in [1.29, 1.82) is 0 Å². The van der Waals surface area contributed by atoms with Gasteiger partial charge >= 0.3 is 0 Å². The van der Waals surface area contributed by atoms with Crippen LogP contribution in [0.2, 0.25) is 15.1 Å². The molecule has 0 aliphatic rings. The Kier molecular flexibility index (Phi) is 5.12. The highest BCUT2D eigenvalue weighted by atomic mass is 35.5. The molecule has 0 amide bonds. The SMILES string of the molecule is COc1cccc(C=NNc2c(Cl)cc(Cl)cc2Cl)c1. The van der Waals surface area contributed by atoms with Crippen molar-refractivity contribution in [2.45, 2.75) is 0 Å². The van der Waals surface area contributed by atoms with Crippen LogP contribution in [-0.2, 0) is 0 Å². The summed E-state index contributed by atoms with van der Waals surface area (Å²) in [6.07, 6.45) is 1.64. The van der Waals surface area contributed by atoms with Crippen LogP contribution in [0.5, 0.6) is 5.75 Å². The fraction of sp³-hybridized carbons (Fsp3) is 0.0714. The molecular formula is C14H11Cl3N2O. The van der Waals surface area contributed by atoms with E-state index >= 15 is 0 Å². The van der Waals surface area contributed by atoms with Crippen LogP contribution in [0.15, 0.2) is 41.5 Å². The maximum Gasteiger partial charge on any atom is 0.119 e. The molecule has 0 spiro atoms. The van der Waals surface area contributed by atoms with Gasteiger partial charge in [0.2, 0.25) is 0 Å². The molecular weight excluding hydrogens is 319 g/mol. The molecule has 0 saturated heterocycles. The molecule has 0 bridgehead atoms. The quantitative estimate of drug-likeness (QED) is 0.625. The molecule has 3 nitrogen and oxygen atoms in total. The second-order valence-electron chi connectivity index (χ2n) is 3.89. The van der Waals surface area contributed by atoms with E-state index in [0.29, 0.717) is 20.8 Å². The van der Waals surface area contributed by atoms with Gasteiger partial charge in [-0.05, 0) is 29.8 Å². The third-order valence-corrected chi connectivity index (χ3v) is 3.31. The summed E-state index contributed by atoms with van der Waals surface area (Å²) in [6, 6.07) is 10.7. The molecule has 0 heterocycles. The maximum absolute atomic E-state index is 6.04. The van der Waals surface area contributed by atoms with Gasteiger partial charge in [-0.1, -0.05) is 46.9 Å². The molecule has 2 aromatic rings. The van der Waals surface area contributed by atoms with Crippen LogP contribution in [0.1, 0.15) is 5.56 Å². The highest BCUT2D eigenvalue weighted by Crippen LogP contribution is 2.33. The third kappa shape index (κ3) is 3.79. The van der Waals surface area contributed by atoms with Gasteiger partial charge in [-0.25, -0.2) is 0 Å². The molecule has 0 unspecified atom stereocenters. The normalized spacial score (nSPS) is 10.8. The first-order valence-corrected chi connectivity index (χ1v) is 6.81. The number of hydrazone groups is 1. The monoisotopic (exact) mass is 328 g/mol. The minimum Gasteiger partial charge on any atom is -0.497 e. The third-order valence-electron chi connectivity index (χ3n) is 2.49. The summed E-state index contributed by atoms with van der Waals surface area (Å²) >= 11 is 17.9. The summed E-state index contributed by atoms with van der Waals surface area (Å²) in [7, 11) is 1.61. The van der Waals surface area contributed by atoms with E-state index < -0.39 is 0 Å². The Hall–Kier alpha value is -1.42. The maximum atomic E-state index is 6.04. The summed E-state index contributed by atoms with van der Waals surface area (Å²) in [5.74, 6) is 0.761. The number of hydrogen-bond acceptors (Lipinski definition) is 3. The average Bonchev–Trinajstić information content (AvgIpc) is 2.42. The number of hydrogen-bond donors (Lipinski definition) is 1. The predicted octanol–water partition coefficient (Wildman–Crippen LogP) is 5.10. The molecule has 2 rings (SSSR count). The zero-order valence-electron chi connectivity index (χ0n) is 10.5. The van der Waals surface area contributed by atoms with Gasteiger partial charge in [0.05, 0.1) is 29.1 Å². The number of rotatable bonds is 4. The summed E-state index contributed by atoms with van der Waals surface area (Å²) in [5, 5.41) is 5.39. The largest absolute Gasteiger partial charge is 0.497 e. The smallest absolute Gasteiger partial charge is 0.119 e. The van der Waals surface area contributed by atoms with Gasteiger partial charge in [-0.15, -0.1) is 0 Å². The molecule has 2 aromatic carbocycles. The van der Waals surface area contributed by atoms with Crippen LogP contribution in [0.25, 0.3) is 0 Å². The molecule has 0 fully saturated rings. The van der Waals surface area contributed by atoms with Crippen molar-refractivity contribution in [3.8, 4) is 5.75 Å². The molecule has 104 valence electrons. The van der Waals surface area contributed by atoms with E-state index in [1.165, 1.54) is 0 Å². The minimum atomic E-state index is 0.408. The van der Waals surface area contributed by atoms with E-state index in [9.17, 15) is 0 Å². The highest BCUT2D eigenvalue weighted by molar-refractivity contribution is 6.41. The van der Waals surface area contributed by atoms with Gasteiger partial charge in [-0.3, -0.25) is 5.43 Å². The van der Waals surface area contributed by atoms with Crippen LogP contribution in [0.4, 0.5) is 5.69 Å². The van der Waals surface area contributed by atoms with Crippen LogP contribution in [-0.4, -0.2) is 13.3 Å². The number of anilines is 1. The van der Waals surface area contributed by atoms with Crippen molar-refractivity contribution < 1.29 is 4.74 Å². The van der Waals surface area contributed by atoms with E-state index in [-0.39, 0.29) is 0 Å². The van der Waals surface area contributed by atoms with Crippen LogP contribution in [0, 0.1) is 0 Å². The van der Waals surface area contributed by atoms with Crippen LogP contribution in [0.3, 0.4) is 0 Å². The molecule has 0 aliphatic carbocycles. The first-order chi connectivity index (χ1) is 9.60. The van der Waals surface area contributed by atoms with Gasteiger partial charge in [0, 0.05) is 5.02 Å². The first-order valence-electron chi connectivity index (χ1n) is 5.68. The van der Waals surface area contributed by atoms with Crippen LogP contribution < -0.4 is 10.2 Å². The lowest BCUT2D eigenvalue weighted by Gasteiger charge is -2.06. The molecule has 0 saturated carbocycles. The van der Waals surface area contributed by atoms with Crippen molar-refractivity contribution in [3.05, 3.63) is 57.0 Å². The second kappa shape index (κ2) is 6.84. The molecule has 6 heteroatoms. The lowest BCUT2D eigenvalue weighted by atomic mass is 10.2. The predicted molar refractivity (Wildman–Crippen MR) is 85.7 cm³/mol. The van der Waals surface area contributed by atoms with E-state index in [1.807, 2.05) is 24.3 Å². The number of nitrogens with zero attached hydrogens (tertiary/aromatic N) is 1. The number of halogens is 3. The van der Waals surface area contributed by atoms with Gasteiger partial charge in [0.1, 0.15) is 5.75 Å². The Morgan fingerprint density at radius 2 is 1.80 bits per heavy atom. The van der Waals surface area contributed by atoms with Crippen molar-refractivity contribution >= 4 is 46.7 Å². The second-order valence-corrected chi connectivity index (χ2v) is 5.14. The number of nitrogens with one attached hydrogen (secondary N) is 1. The molecule has 20 heavy (non-hydrogen) atoms. The van der Waals surface area contributed by atoms with Crippen molar-refractivity contribution in [2.75, 3.05) is 12.5 Å². The molecule has 0 radical (unpaired) electrons. The van der Waals surface area contributed by atoms with Crippen molar-refractivity contribution in [2.24, 2.45) is 5.10 Å². The average molecular weight is 330 g/mol. The lowest BCUT2D eigenvalue weighted by molar-refractivity contribution is 0.415.